The van der Waals surface area contributed by atoms with Crippen LogP contribution in [-0.4, -0.2) is 0 Å². The Kier molecular flexibility index (Phi) is 11.7. The second-order valence-electron chi connectivity index (χ2n) is 12.6. The molecule has 7 rings (SSSR count). The van der Waals surface area contributed by atoms with E-state index in [-0.39, 0.29) is 0 Å². The van der Waals surface area contributed by atoms with Crippen LogP contribution in [0.4, 0.5) is 28.4 Å². The maximum absolute atomic E-state index is 3.85. The zero-order valence-electron chi connectivity index (χ0n) is 30.2. The Balaban J connectivity index is 1.59. The van der Waals surface area contributed by atoms with Gasteiger partial charge in [-0.05, 0) is 76.5 Å². The predicted molar refractivity (Wildman–Crippen MR) is 234 cm³/mol. The van der Waals surface area contributed by atoms with Gasteiger partial charge < -0.3 is 9.80 Å². The first-order chi connectivity index (χ1) is 26.8. The van der Waals surface area contributed by atoms with Crippen LogP contribution in [0.1, 0.15) is 0 Å². The van der Waals surface area contributed by atoms with Gasteiger partial charge in [0, 0.05) is 34.0 Å². The van der Waals surface area contributed by atoms with E-state index >= 15 is 0 Å². The number of hydrogen-bond donors (Lipinski definition) is 0. The first kappa shape index (κ1) is 35.3. The number of benzene rings is 5. The van der Waals surface area contributed by atoms with Crippen molar-refractivity contribution in [3.05, 3.63) is 249 Å². The molecule has 0 aliphatic heterocycles. The molecule has 0 bridgehead atoms. The smallest absolute Gasteiger partial charge is 0.0540 e. The van der Waals surface area contributed by atoms with Crippen LogP contribution in [-0.2, 0) is 0 Å². The molecular formula is C52H42N2. The average Bonchev–Trinajstić information content (AvgIpc) is 3.23. The van der Waals surface area contributed by atoms with Gasteiger partial charge in [-0.2, -0.15) is 0 Å². The lowest BCUT2D eigenvalue weighted by molar-refractivity contribution is 1.30. The molecule has 0 saturated heterocycles. The van der Waals surface area contributed by atoms with Crippen LogP contribution in [0.15, 0.2) is 249 Å². The quantitative estimate of drug-likeness (QED) is 0.139. The molecule has 0 aliphatic rings. The standard InChI is InChI=1S/C52H42N2/c1-2-3-4-26-41-53(42-27-12-9-13-28-42)51-39-20-7-5-18-33-45(47-35-22-24-37-49(47)51)46-34-19-6-8-21-40-52(50-38-25-23-36-48(46)50)54(43-29-14-10-15-30-43)44-31-16-11-17-32-44/h2-41H,1H2/b4-3-,7-5?,8-6?,18-5?,19-6?,20-7?,21-8?,33-18?,34-19?,39-20?,40-21?,41-26+,45-33?,46-34?,47-45?,48-46?,51-39?,51-49?,52-40?,52-50?. The molecule has 0 N–H and O–H groups in total. The van der Waals surface area contributed by atoms with Crippen molar-refractivity contribution < 1.29 is 0 Å². The van der Waals surface area contributed by atoms with Crippen molar-refractivity contribution in [3.63, 3.8) is 0 Å². The minimum Gasteiger partial charge on any atom is -0.317 e. The van der Waals surface area contributed by atoms with Gasteiger partial charge >= 0.3 is 0 Å². The summed E-state index contributed by atoms with van der Waals surface area (Å²) in [6, 6.07) is 75.0. The normalized spacial score (nSPS) is 10.9. The Hall–Kier alpha value is -7.16. The molecule has 54 heavy (non-hydrogen) atoms. The molecule has 2 heteroatoms. The monoisotopic (exact) mass is 694 g/mol. The predicted octanol–water partition coefficient (Wildman–Crippen LogP) is 14.8. The van der Waals surface area contributed by atoms with Crippen molar-refractivity contribution in [2.75, 3.05) is 9.80 Å². The van der Waals surface area contributed by atoms with Gasteiger partial charge in [0.15, 0.2) is 0 Å². The summed E-state index contributed by atoms with van der Waals surface area (Å²) in [6.45, 7) is 3.85. The van der Waals surface area contributed by atoms with E-state index in [1.54, 1.807) is 6.08 Å². The van der Waals surface area contributed by atoms with Crippen LogP contribution in [0, 0.1) is 0 Å². The minimum atomic E-state index is 1.05. The number of rotatable bonds is 9. The fraction of sp³-hybridized carbons (Fsp3) is 0. The first-order valence-electron chi connectivity index (χ1n) is 18.2. The van der Waals surface area contributed by atoms with Crippen LogP contribution < -0.4 is 9.80 Å². The lowest BCUT2D eigenvalue weighted by atomic mass is 9.95. The van der Waals surface area contributed by atoms with Crippen molar-refractivity contribution in [2.24, 2.45) is 0 Å². The highest BCUT2D eigenvalue weighted by Gasteiger charge is 2.16. The topological polar surface area (TPSA) is 6.48 Å². The molecule has 0 unspecified atom stereocenters. The van der Waals surface area contributed by atoms with Gasteiger partial charge in [-0.3, -0.25) is 0 Å². The zero-order valence-corrected chi connectivity index (χ0v) is 30.2. The molecule has 0 saturated carbocycles. The Morgan fingerprint density at radius 1 is 0.315 bits per heavy atom. The third kappa shape index (κ3) is 8.15. The molecule has 2 nitrogen and oxygen atoms in total. The summed E-state index contributed by atoms with van der Waals surface area (Å²) >= 11 is 0. The molecule has 0 spiro atoms. The summed E-state index contributed by atoms with van der Waals surface area (Å²) in [5.41, 5.74) is 7.57. The van der Waals surface area contributed by atoms with Gasteiger partial charge in [-0.15, -0.1) is 0 Å². The Morgan fingerprint density at radius 3 is 1.19 bits per heavy atom. The number of hydrogen-bond acceptors (Lipinski definition) is 2. The average molecular weight is 695 g/mol. The van der Waals surface area contributed by atoms with Gasteiger partial charge in [-0.25, -0.2) is 0 Å². The van der Waals surface area contributed by atoms with Crippen LogP contribution in [0.5, 0.6) is 0 Å². The first-order valence-corrected chi connectivity index (χ1v) is 18.2. The zero-order chi connectivity index (χ0) is 36.8. The molecule has 260 valence electrons. The second-order valence-corrected chi connectivity index (χ2v) is 12.6. The molecule has 0 fully saturated rings. The third-order valence-electron chi connectivity index (χ3n) is 9.13. The molecule has 0 amide bonds. The molecule has 7 aromatic carbocycles. The highest BCUT2D eigenvalue weighted by Crippen LogP contribution is 2.41. The lowest BCUT2D eigenvalue weighted by Gasteiger charge is -2.26. The van der Waals surface area contributed by atoms with Crippen molar-refractivity contribution in [1.82, 2.24) is 0 Å². The Labute approximate surface area is 319 Å². The third-order valence-corrected chi connectivity index (χ3v) is 9.13. The summed E-state index contributed by atoms with van der Waals surface area (Å²) in [6.07, 6.45) is 9.89. The SMILES string of the molecule is C=C/C=C\C=C\N(c1ccccc1)c1ccccccc(-c2ccccccc(N(c3ccccc3)c3ccccc3)c3ccccc23)c2ccccc12. The van der Waals surface area contributed by atoms with E-state index in [9.17, 15) is 0 Å². The van der Waals surface area contributed by atoms with Gasteiger partial charge in [0.1, 0.15) is 0 Å². The fourth-order valence-corrected chi connectivity index (χ4v) is 6.72. The van der Waals surface area contributed by atoms with Gasteiger partial charge in [0.05, 0.1) is 11.4 Å². The molecule has 0 aliphatic carbocycles. The summed E-state index contributed by atoms with van der Waals surface area (Å²) in [5.74, 6) is 0. The van der Waals surface area contributed by atoms with E-state index in [1.807, 2.05) is 12.2 Å². The largest absolute Gasteiger partial charge is 0.317 e. The summed E-state index contributed by atoms with van der Waals surface area (Å²) < 4.78 is 0. The van der Waals surface area contributed by atoms with E-state index in [2.05, 4.69) is 241 Å². The molecular weight excluding hydrogens is 653 g/mol. The molecule has 0 heterocycles. The van der Waals surface area contributed by atoms with E-state index in [4.69, 9.17) is 0 Å². The van der Waals surface area contributed by atoms with Gasteiger partial charge in [0.2, 0.25) is 0 Å². The maximum atomic E-state index is 3.85. The maximum Gasteiger partial charge on any atom is 0.0540 e. The molecule has 7 aromatic rings. The Bertz CT molecular complexity index is 2480. The van der Waals surface area contributed by atoms with Crippen molar-refractivity contribution in [2.45, 2.75) is 0 Å². The van der Waals surface area contributed by atoms with E-state index < -0.39 is 0 Å². The van der Waals surface area contributed by atoms with Crippen molar-refractivity contribution in [3.8, 4) is 11.1 Å². The Morgan fingerprint density at radius 2 is 0.685 bits per heavy atom. The second kappa shape index (κ2) is 17.9. The highest BCUT2D eigenvalue weighted by molar-refractivity contribution is 6.10. The van der Waals surface area contributed by atoms with E-state index in [1.165, 1.54) is 0 Å². The molecule has 0 aromatic heterocycles. The van der Waals surface area contributed by atoms with Crippen LogP contribution >= 0.6 is 0 Å². The number of nitrogens with zero attached hydrogens (tertiary/aromatic N) is 2. The van der Waals surface area contributed by atoms with E-state index in [0.29, 0.717) is 0 Å². The highest BCUT2D eigenvalue weighted by atomic mass is 15.1. The minimum absolute atomic E-state index is 1.05. The molecule has 0 atom stereocenters. The van der Waals surface area contributed by atoms with Crippen molar-refractivity contribution >= 4 is 50.0 Å². The van der Waals surface area contributed by atoms with Gasteiger partial charge in [0.25, 0.3) is 0 Å². The number of anilines is 5. The van der Waals surface area contributed by atoms with Crippen LogP contribution in [0.25, 0.3) is 32.7 Å². The fourth-order valence-electron chi connectivity index (χ4n) is 6.72. The number of fused-ring (bicyclic) bond motifs is 2. The molecule has 0 radical (unpaired) electrons. The van der Waals surface area contributed by atoms with E-state index in [0.717, 1.165) is 61.1 Å². The number of para-hydroxylation sites is 3. The summed E-state index contributed by atoms with van der Waals surface area (Å²) in [4.78, 5) is 4.59. The summed E-state index contributed by atoms with van der Waals surface area (Å²) in [5, 5.41) is 4.47. The van der Waals surface area contributed by atoms with Crippen LogP contribution in [0.3, 0.4) is 0 Å². The van der Waals surface area contributed by atoms with Crippen molar-refractivity contribution in [1.29, 1.82) is 0 Å². The lowest BCUT2D eigenvalue weighted by Crippen LogP contribution is -2.09. The summed E-state index contributed by atoms with van der Waals surface area (Å²) in [7, 11) is 0. The van der Waals surface area contributed by atoms with Crippen LogP contribution in [0.2, 0.25) is 0 Å². The van der Waals surface area contributed by atoms with Gasteiger partial charge in [-0.1, -0.05) is 189 Å². The number of allylic oxidation sites excluding steroid dienone is 4.